The maximum atomic E-state index is 12.5. The molecule has 1 aromatic heterocycles. The molecule has 2 heterocycles. The summed E-state index contributed by atoms with van der Waals surface area (Å²) in [5.74, 6) is 0.689. The first-order valence-electron chi connectivity index (χ1n) is 8.41. The number of halogens is 1. The molecule has 2 fully saturated rings. The molecule has 6 heteroatoms. The Morgan fingerprint density at radius 1 is 1.35 bits per heavy atom. The predicted molar refractivity (Wildman–Crippen MR) is 91.1 cm³/mol. The molecule has 1 N–H and O–H groups in total. The summed E-state index contributed by atoms with van der Waals surface area (Å²) in [6.07, 6.45) is 8.37. The van der Waals surface area contributed by atoms with Gasteiger partial charge in [0.1, 0.15) is 5.82 Å². The summed E-state index contributed by atoms with van der Waals surface area (Å²) in [6, 6.07) is 2.06. The number of likely N-dealkylation sites (tertiary alicyclic amines) is 1. The molecule has 1 aliphatic heterocycles. The van der Waals surface area contributed by atoms with Crippen LogP contribution in [0.15, 0.2) is 12.3 Å². The highest BCUT2D eigenvalue weighted by Gasteiger charge is 2.25. The largest absolute Gasteiger partial charge is 0.381 e. The third-order valence-corrected chi connectivity index (χ3v) is 5.08. The number of methoxy groups -OCH3 is 1. The van der Waals surface area contributed by atoms with Crippen LogP contribution >= 0.6 is 11.6 Å². The highest BCUT2D eigenvalue weighted by Crippen LogP contribution is 2.28. The van der Waals surface area contributed by atoms with E-state index in [0.29, 0.717) is 28.5 Å². The van der Waals surface area contributed by atoms with Gasteiger partial charge in [0.25, 0.3) is 5.91 Å². The molecule has 2 aliphatic rings. The molecule has 1 saturated carbocycles. The second kappa shape index (κ2) is 7.49. The first kappa shape index (κ1) is 16.5. The summed E-state index contributed by atoms with van der Waals surface area (Å²) in [5.41, 5.74) is 0.573. The molecule has 0 aromatic carbocycles. The van der Waals surface area contributed by atoms with Gasteiger partial charge in [-0.1, -0.05) is 11.6 Å². The lowest BCUT2D eigenvalue weighted by Gasteiger charge is -2.26. The van der Waals surface area contributed by atoms with E-state index >= 15 is 0 Å². The van der Waals surface area contributed by atoms with Crippen molar-refractivity contribution < 1.29 is 9.53 Å². The van der Waals surface area contributed by atoms with Crippen LogP contribution in [-0.2, 0) is 4.74 Å². The number of rotatable bonds is 4. The van der Waals surface area contributed by atoms with Gasteiger partial charge in [-0.05, 0) is 44.6 Å². The molecule has 126 valence electrons. The van der Waals surface area contributed by atoms with E-state index in [0.717, 1.165) is 45.2 Å². The number of hydrogen-bond donors (Lipinski definition) is 1. The average molecular weight is 338 g/mol. The van der Waals surface area contributed by atoms with E-state index in [9.17, 15) is 4.79 Å². The van der Waals surface area contributed by atoms with Gasteiger partial charge >= 0.3 is 0 Å². The number of aromatic nitrogens is 1. The molecular formula is C17H24ClN3O2. The lowest BCUT2D eigenvalue weighted by atomic mass is 10.1. The van der Waals surface area contributed by atoms with Gasteiger partial charge in [-0.2, -0.15) is 0 Å². The quantitative estimate of drug-likeness (QED) is 0.915. The van der Waals surface area contributed by atoms with Crippen LogP contribution in [0.25, 0.3) is 0 Å². The number of carbonyl (C=O) groups is 1. The smallest absolute Gasteiger partial charge is 0.255 e. The lowest BCUT2D eigenvalue weighted by molar-refractivity contribution is 0.0724. The van der Waals surface area contributed by atoms with Crippen LogP contribution in [0.1, 0.15) is 48.9 Å². The van der Waals surface area contributed by atoms with E-state index in [2.05, 4.69) is 10.3 Å². The van der Waals surface area contributed by atoms with E-state index < -0.39 is 0 Å². The molecule has 2 unspecified atom stereocenters. The van der Waals surface area contributed by atoms with Gasteiger partial charge in [0.05, 0.1) is 16.7 Å². The van der Waals surface area contributed by atoms with Crippen molar-refractivity contribution in [1.82, 2.24) is 9.88 Å². The second-order valence-electron chi connectivity index (χ2n) is 6.42. The fourth-order valence-corrected chi connectivity index (χ4v) is 3.64. The highest BCUT2D eigenvalue weighted by atomic mass is 35.5. The Morgan fingerprint density at radius 2 is 2.13 bits per heavy atom. The molecule has 1 aromatic rings. The van der Waals surface area contributed by atoms with Crippen molar-refractivity contribution in [3.05, 3.63) is 22.8 Å². The summed E-state index contributed by atoms with van der Waals surface area (Å²) >= 11 is 6.33. The van der Waals surface area contributed by atoms with Gasteiger partial charge in [0.15, 0.2) is 0 Å². The Bertz CT molecular complexity index is 561. The molecular weight excluding hydrogens is 314 g/mol. The average Bonchev–Trinajstić information content (AvgIpc) is 3.04. The molecule has 23 heavy (non-hydrogen) atoms. The zero-order valence-electron chi connectivity index (χ0n) is 13.6. The summed E-state index contributed by atoms with van der Waals surface area (Å²) in [4.78, 5) is 18.8. The van der Waals surface area contributed by atoms with E-state index in [-0.39, 0.29) is 5.91 Å². The summed E-state index contributed by atoms with van der Waals surface area (Å²) in [5, 5.41) is 3.88. The monoisotopic (exact) mass is 337 g/mol. The molecule has 1 saturated heterocycles. The first-order chi connectivity index (χ1) is 11.2. The van der Waals surface area contributed by atoms with Gasteiger partial charge < -0.3 is 15.0 Å². The van der Waals surface area contributed by atoms with Crippen LogP contribution < -0.4 is 5.32 Å². The number of carbonyl (C=O) groups excluding carboxylic acids is 1. The van der Waals surface area contributed by atoms with Gasteiger partial charge in [-0.3, -0.25) is 4.79 Å². The van der Waals surface area contributed by atoms with Crippen LogP contribution in [0.5, 0.6) is 0 Å². The van der Waals surface area contributed by atoms with Crippen molar-refractivity contribution in [3.8, 4) is 0 Å². The third kappa shape index (κ3) is 3.96. The Kier molecular flexibility index (Phi) is 5.38. The molecule has 3 rings (SSSR count). The van der Waals surface area contributed by atoms with Crippen molar-refractivity contribution in [2.75, 3.05) is 25.5 Å². The molecule has 0 radical (unpaired) electrons. The normalized spacial score (nSPS) is 24.7. The molecule has 0 bridgehead atoms. The Labute approximate surface area is 142 Å². The minimum absolute atomic E-state index is 0.0333. The standard InChI is InChI=1S/C17H24ClN3O2/c1-23-14-6-5-13(10-14)20-16-15(18)9-12(11-19-16)17(22)21-7-3-2-4-8-21/h9,11,13-14H,2-8,10H2,1H3,(H,19,20). The summed E-state index contributed by atoms with van der Waals surface area (Å²) in [7, 11) is 1.75. The third-order valence-electron chi connectivity index (χ3n) is 4.79. The Balaban J connectivity index is 1.64. The van der Waals surface area contributed by atoms with Crippen molar-refractivity contribution in [1.29, 1.82) is 0 Å². The fraction of sp³-hybridized carbons (Fsp3) is 0.647. The zero-order valence-corrected chi connectivity index (χ0v) is 14.3. The maximum absolute atomic E-state index is 12.5. The first-order valence-corrected chi connectivity index (χ1v) is 8.79. The van der Waals surface area contributed by atoms with Gasteiger partial charge in [0.2, 0.25) is 0 Å². The molecule has 1 amide bonds. The minimum Gasteiger partial charge on any atom is -0.381 e. The second-order valence-corrected chi connectivity index (χ2v) is 6.83. The highest BCUT2D eigenvalue weighted by molar-refractivity contribution is 6.33. The van der Waals surface area contributed by atoms with Gasteiger partial charge in [-0.15, -0.1) is 0 Å². The number of anilines is 1. The minimum atomic E-state index is 0.0333. The van der Waals surface area contributed by atoms with Gasteiger partial charge in [0, 0.05) is 32.4 Å². The van der Waals surface area contributed by atoms with Gasteiger partial charge in [-0.25, -0.2) is 4.98 Å². The lowest BCUT2D eigenvalue weighted by Crippen LogP contribution is -2.35. The Hall–Kier alpha value is -1.33. The summed E-state index contributed by atoms with van der Waals surface area (Å²) < 4.78 is 5.38. The molecule has 2 atom stereocenters. The molecule has 0 spiro atoms. The SMILES string of the molecule is COC1CCC(Nc2ncc(C(=O)N3CCCCC3)cc2Cl)C1. The topological polar surface area (TPSA) is 54.5 Å². The Morgan fingerprint density at radius 3 is 2.78 bits per heavy atom. The number of amides is 1. The van der Waals surface area contributed by atoms with Crippen LogP contribution in [0.2, 0.25) is 5.02 Å². The molecule has 5 nitrogen and oxygen atoms in total. The fourth-order valence-electron chi connectivity index (χ4n) is 3.42. The number of ether oxygens (including phenoxy) is 1. The van der Waals surface area contributed by atoms with Crippen LogP contribution in [-0.4, -0.2) is 48.1 Å². The van der Waals surface area contributed by atoms with E-state index in [1.165, 1.54) is 6.42 Å². The van der Waals surface area contributed by atoms with E-state index in [4.69, 9.17) is 16.3 Å². The number of piperidine rings is 1. The maximum Gasteiger partial charge on any atom is 0.255 e. The van der Waals surface area contributed by atoms with Crippen LogP contribution in [0, 0.1) is 0 Å². The van der Waals surface area contributed by atoms with E-state index in [1.54, 1.807) is 19.4 Å². The van der Waals surface area contributed by atoms with Crippen LogP contribution in [0.3, 0.4) is 0 Å². The molecule has 1 aliphatic carbocycles. The number of pyridine rings is 1. The van der Waals surface area contributed by atoms with Crippen molar-refractivity contribution in [3.63, 3.8) is 0 Å². The van der Waals surface area contributed by atoms with Crippen LogP contribution in [0.4, 0.5) is 5.82 Å². The summed E-state index contributed by atoms with van der Waals surface area (Å²) in [6.45, 7) is 1.66. The zero-order chi connectivity index (χ0) is 16.2. The van der Waals surface area contributed by atoms with Crippen molar-refractivity contribution in [2.24, 2.45) is 0 Å². The van der Waals surface area contributed by atoms with Crippen molar-refractivity contribution >= 4 is 23.3 Å². The number of nitrogens with one attached hydrogen (secondary N) is 1. The number of nitrogens with zero attached hydrogens (tertiary/aromatic N) is 2. The predicted octanol–water partition coefficient (Wildman–Crippen LogP) is 3.34. The number of hydrogen-bond acceptors (Lipinski definition) is 4. The van der Waals surface area contributed by atoms with Crippen molar-refractivity contribution in [2.45, 2.75) is 50.7 Å². The van der Waals surface area contributed by atoms with E-state index in [1.807, 2.05) is 4.90 Å².